The first-order valence-electron chi connectivity index (χ1n) is 5.44. The lowest BCUT2D eigenvalue weighted by Gasteiger charge is -2.19. The monoisotopic (exact) mass is 190 g/mol. The third-order valence-corrected chi connectivity index (χ3v) is 3.24. The van der Waals surface area contributed by atoms with Crippen LogP contribution in [-0.2, 0) is 0 Å². The second kappa shape index (κ2) is 3.99. The maximum Gasteiger partial charge on any atom is 0.0558 e. The number of hydrogen-bond donors (Lipinski definition) is 1. The molecule has 1 fully saturated rings. The molecule has 0 amide bonds. The van der Waals surface area contributed by atoms with Crippen molar-refractivity contribution in [3.05, 3.63) is 24.0 Å². The molecule has 14 heavy (non-hydrogen) atoms. The van der Waals surface area contributed by atoms with Crippen LogP contribution >= 0.6 is 0 Å². The standard InChI is InChI=1S/C12H18N2/c1-9-4-3-5-11(9)14-12-8-13-7-6-10(12)2/h6-9,11,14H,3-5H2,1-2H3. The van der Waals surface area contributed by atoms with Crippen molar-refractivity contribution in [3.8, 4) is 0 Å². The van der Waals surface area contributed by atoms with E-state index in [0.29, 0.717) is 6.04 Å². The van der Waals surface area contributed by atoms with Crippen LogP contribution in [-0.4, -0.2) is 11.0 Å². The zero-order valence-corrected chi connectivity index (χ0v) is 8.96. The molecule has 0 bridgehead atoms. The number of pyridine rings is 1. The highest BCUT2D eigenvalue weighted by molar-refractivity contribution is 5.48. The third-order valence-electron chi connectivity index (χ3n) is 3.24. The van der Waals surface area contributed by atoms with Crippen LogP contribution in [0.1, 0.15) is 31.7 Å². The Morgan fingerprint density at radius 2 is 2.29 bits per heavy atom. The molecular weight excluding hydrogens is 172 g/mol. The van der Waals surface area contributed by atoms with Crippen LogP contribution in [0.5, 0.6) is 0 Å². The molecule has 1 aliphatic carbocycles. The van der Waals surface area contributed by atoms with Gasteiger partial charge in [-0.05, 0) is 37.3 Å². The number of anilines is 1. The highest BCUT2D eigenvalue weighted by Gasteiger charge is 2.23. The number of aromatic nitrogens is 1. The minimum absolute atomic E-state index is 0.651. The molecule has 0 aromatic carbocycles. The molecule has 2 nitrogen and oxygen atoms in total. The Labute approximate surface area is 85.7 Å². The molecule has 1 saturated carbocycles. The summed E-state index contributed by atoms with van der Waals surface area (Å²) in [5, 5.41) is 3.60. The topological polar surface area (TPSA) is 24.9 Å². The van der Waals surface area contributed by atoms with Gasteiger partial charge in [0.1, 0.15) is 0 Å². The van der Waals surface area contributed by atoms with Crippen molar-refractivity contribution in [2.45, 2.75) is 39.2 Å². The first-order chi connectivity index (χ1) is 6.77. The summed E-state index contributed by atoms with van der Waals surface area (Å²) in [5.41, 5.74) is 2.49. The predicted molar refractivity (Wildman–Crippen MR) is 59.4 cm³/mol. The summed E-state index contributed by atoms with van der Waals surface area (Å²) in [6.07, 6.45) is 7.80. The molecule has 0 saturated heterocycles. The predicted octanol–water partition coefficient (Wildman–Crippen LogP) is 2.99. The highest BCUT2D eigenvalue weighted by Crippen LogP contribution is 2.28. The number of hydrogen-bond acceptors (Lipinski definition) is 2. The van der Waals surface area contributed by atoms with E-state index in [1.165, 1.54) is 30.5 Å². The van der Waals surface area contributed by atoms with Crippen molar-refractivity contribution < 1.29 is 0 Å². The first kappa shape index (κ1) is 9.50. The van der Waals surface area contributed by atoms with E-state index in [1.54, 1.807) is 0 Å². The Hall–Kier alpha value is -1.05. The van der Waals surface area contributed by atoms with E-state index in [4.69, 9.17) is 0 Å². The molecule has 2 heteroatoms. The van der Waals surface area contributed by atoms with Crippen molar-refractivity contribution in [2.24, 2.45) is 5.92 Å². The minimum atomic E-state index is 0.651. The summed E-state index contributed by atoms with van der Waals surface area (Å²) in [6.45, 7) is 4.46. The van der Waals surface area contributed by atoms with E-state index in [0.717, 1.165) is 5.92 Å². The van der Waals surface area contributed by atoms with Gasteiger partial charge in [-0.3, -0.25) is 4.98 Å². The normalized spacial score (nSPS) is 26.4. The smallest absolute Gasteiger partial charge is 0.0558 e. The second-order valence-electron chi connectivity index (χ2n) is 4.35. The molecule has 0 radical (unpaired) electrons. The SMILES string of the molecule is Cc1ccncc1NC1CCCC1C. The van der Waals surface area contributed by atoms with Crippen LogP contribution in [0.4, 0.5) is 5.69 Å². The average Bonchev–Trinajstić information content (AvgIpc) is 2.56. The van der Waals surface area contributed by atoms with Gasteiger partial charge >= 0.3 is 0 Å². The fourth-order valence-electron chi connectivity index (χ4n) is 2.17. The quantitative estimate of drug-likeness (QED) is 0.775. The van der Waals surface area contributed by atoms with Gasteiger partial charge < -0.3 is 5.32 Å². The lowest BCUT2D eigenvalue weighted by Crippen LogP contribution is -2.22. The first-order valence-corrected chi connectivity index (χ1v) is 5.44. The average molecular weight is 190 g/mol. The van der Waals surface area contributed by atoms with Gasteiger partial charge in [0.25, 0.3) is 0 Å². The molecule has 2 unspecified atom stereocenters. The molecule has 1 heterocycles. The molecule has 1 aromatic rings. The summed E-state index contributed by atoms with van der Waals surface area (Å²) in [6, 6.07) is 2.71. The van der Waals surface area contributed by atoms with Gasteiger partial charge in [0.2, 0.25) is 0 Å². The lowest BCUT2D eigenvalue weighted by molar-refractivity contribution is 0.556. The maximum atomic E-state index is 4.15. The van der Waals surface area contributed by atoms with Crippen molar-refractivity contribution in [1.29, 1.82) is 0 Å². The molecule has 2 rings (SSSR count). The van der Waals surface area contributed by atoms with E-state index >= 15 is 0 Å². The molecule has 0 aliphatic heterocycles. The van der Waals surface area contributed by atoms with E-state index in [-0.39, 0.29) is 0 Å². The Kier molecular flexibility index (Phi) is 2.71. The fourth-order valence-corrected chi connectivity index (χ4v) is 2.17. The van der Waals surface area contributed by atoms with Crippen LogP contribution in [0.3, 0.4) is 0 Å². The summed E-state index contributed by atoms with van der Waals surface area (Å²) in [5.74, 6) is 0.801. The molecule has 1 aliphatic rings. The third kappa shape index (κ3) is 1.89. The van der Waals surface area contributed by atoms with Crippen molar-refractivity contribution in [1.82, 2.24) is 4.98 Å². The molecule has 1 aromatic heterocycles. The summed E-state index contributed by atoms with van der Waals surface area (Å²) in [7, 11) is 0. The van der Waals surface area contributed by atoms with Gasteiger partial charge in [0, 0.05) is 12.2 Å². The minimum Gasteiger partial charge on any atom is -0.381 e. The van der Waals surface area contributed by atoms with Gasteiger partial charge in [-0.15, -0.1) is 0 Å². The highest BCUT2D eigenvalue weighted by atomic mass is 14.9. The van der Waals surface area contributed by atoms with Crippen LogP contribution < -0.4 is 5.32 Å². The van der Waals surface area contributed by atoms with Crippen LogP contribution in [0.15, 0.2) is 18.5 Å². The molecular formula is C12H18N2. The van der Waals surface area contributed by atoms with E-state index in [1.807, 2.05) is 12.4 Å². The van der Waals surface area contributed by atoms with Crippen molar-refractivity contribution in [3.63, 3.8) is 0 Å². The largest absolute Gasteiger partial charge is 0.381 e. The molecule has 2 atom stereocenters. The summed E-state index contributed by atoms with van der Waals surface area (Å²) < 4.78 is 0. The van der Waals surface area contributed by atoms with Crippen LogP contribution in [0.25, 0.3) is 0 Å². The van der Waals surface area contributed by atoms with E-state index in [9.17, 15) is 0 Å². The summed E-state index contributed by atoms with van der Waals surface area (Å²) >= 11 is 0. The zero-order chi connectivity index (χ0) is 9.97. The summed E-state index contributed by atoms with van der Waals surface area (Å²) in [4.78, 5) is 4.15. The Bertz CT molecular complexity index is 309. The Morgan fingerprint density at radius 3 is 2.93 bits per heavy atom. The van der Waals surface area contributed by atoms with Gasteiger partial charge in [0.15, 0.2) is 0 Å². The van der Waals surface area contributed by atoms with Crippen molar-refractivity contribution >= 4 is 5.69 Å². The number of nitrogens with one attached hydrogen (secondary N) is 1. The van der Waals surface area contributed by atoms with Gasteiger partial charge in [-0.1, -0.05) is 13.3 Å². The number of nitrogens with zero attached hydrogens (tertiary/aromatic N) is 1. The molecule has 76 valence electrons. The van der Waals surface area contributed by atoms with Crippen LogP contribution in [0, 0.1) is 12.8 Å². The van der Waals surface area contributed by atoms with Gasteiger partial charge in [0.05, 0.1) is 11.9 Å². The number of aryl methyl sites for hydroxylation is 1. The van der Waals surface area contributed by atoms with Crippen LogP contribution in [0.2, 0.25) is 0 Å². The second-order valence-corrected chi connectivity index (χ2v) is 4.35. The van der Waals surface area contributed by atoms with E-state index in [2.05, 4.69) is 30.2 Å². The van der Waals surface area contributed by atoms with Gasteiger partial charge in [-0.2, -0.15) is 0 Å². The number of rotatable bonds is 2. The maximum absolute atomic E-state index is 4.15. The molecule has 0 spiro atoms. The molecule has 1 N–H and O–H groups in total. The van der Waals surface area contributed by atoms with Crippen molar-refractivity contribution in [2.75, 3.05) is 5.32 Å². The fraction of sp³-hybridized carbons (Fsp3) is 0.583. The van der Waals surface area contributed by atoms with Gasteiger partial charge in [-0.25, -0.2) is 0 Å². The Balaban J connectivity index is 2.07. The Morgan fingerprint density at radius 1 is 1.43 bits per heavy atom. The zero-order valence-electron chi connectivity index (χ0n) is 8.96. The lowest BCUT2D eigenvalue weighted by atomic mass is 10.1. The van der Waals surface area contributed by atoms with E-state index < -0.39 is 0 Å².